The van der Waals surface area contributed by atoms with Gasteiger partial charge in [-0.25, -0.2) is 0 Å². The second-order valence-corrected chi connectivity index (χ2v) is 5.21. The molecule has 110 valence electrons. The number of hydrogen-bond donors (Lipinski definition) is 2. The van der Waals surface area contributed by atoms with Gasteiger partial charge in [0.15, 0.2) is 0 Å². The van der Waals surface area contributed by atoms with Gasteiger partial charge in [0.1, 0.15) is 0 Å². The van der Waals surface area contributed by atoms with E-state index in [1.54, 1.807) is 0 Å². The number of hydrogen-bond acceptors (Lipinski definition) is 4. The summed E-state index contributed by atoms with van der Waals surface area (Å²) in [5, 5.41) is 2.87. The molecular formula is C15H23N3O2. The second kappa shape index (κ2) is 7.38. The van der Waals surface area contributed by atoms with Crippen LogP contribution in [0, 0.1) is 5.92 Å². The number of rotatable bonds is 5. The Morgan fingerprint density at radius 3 is 2.60 bits per heavy atom. The van der Waals surface area contributed by atoms with E-state index in [0.717, 1.165) is 38.5 Å². The first-order chi connectivity index (χ1) is 9.69. The van der Waals surface area contributed by atoms with Crippen molar-refractivity contribution >= 4 is 11.6 Å². The summed E-state index contributed by atoms with van der Waals surface area (Å²) >= 11 is 0. The first-order valence-corrected chi connectivity index (χ1v) is 7.09. The number of ether oxygens (including phenoxy) is 1. The van der Waals surface area contributed by atoms with Gasteiger partial charge in [0.25, 0.3) is 0 Å². The van der Waals surface area contributed by atoms with Gasteiger partial charge in [-0.15, -0.1) is 0 Å². The molecular weight excluding hydrogens is 254 g/mol. The smallest absolute Gasteiger partial charge is 0.228 e. The van der Waals surface area contributed by atoms with Crippen molar-refractivity contribution in [3.8, 4) is 0 Å². The lowest BCUT2D eigenvalue weighted by Gasteiger charge is -2.26. The average Bonchev–Trinajstić information content (AvgIpc) is 2.49. The van der Waals surface area contributed by atoms with E-state index >= 15 is 0 Å². The van der Waals surface area contributed by atoms with Crippen LogP contribution in [0.3, 0.4) is 0 Å². The summed E-state index contributed by atoms with van der Waals surface area (Å²) in [6.07, 6.45) is 0. The van der Waals surface area contributed by atoms with E-state index in [1.165, 1.54) is 5.56 Å². The number of carbonyl (C=O) groups excluding carboxylic acids is 1. The maximum absolute atomic E-state index is 11.7. The van der Waals surface area contributed by atoms with E-state index in [4.69, 9.17) is 10.5 Å². The van der Waals surface area contributed by atoms with Crippen molar-refractivity contribution in [1.29, 1.82) is 0 Å². The van der Waals surface area contributed by atoms with Crippen molar-refractivity contribution in [1.82, 2.24) is 4.90 Å². The molecule has 0 aliphatic carbocycles. The summed E-state index contributed by atoms with van der Waals surface area (Å²) in [5.74, 6) is -0.198. The van der Waals surface area contributed by atoms with Crippen LogP contribution >= 0.6 is 0 Å². The van der Waals surface area contributed by atoms with Crippen molar-refractivity contribution in [2.75, 3.05) is 38.2 Å². The highest BCUT2D eigenvalue weighted by molar-refractivity contribution is 5.92. The third-order valence-corrected chi connectivity index (χ3v) is 3.53. The minimum Gasteiger partial charge on any atom is -0.379 e. The van der Waals surface area contributed by atoms with Crippen LogP contribution in [0.1, 0.15) is 12.5 Å². The summed E-state index contributed by atoms with van der Waals surface area (Å²) < 4.78 is 5.33. The van der Waals surface area contributed by atoms with E-state index in [1.807, 2.05) is 19.1 Å². The van der Waals surface area contributed by atoms with Crippen molar-refractivity contribution in [2.24, 2.45) is 11.7 Å². The molecule has 0 spiro atoms. The molecule has 20 heavy (non-hydrogen) atoms. The van der Waals surface area contributed by atoms with Crippen LogP contribution < -0.4 is 11.1 Å². The topological polar surface area (TPSA) is 67.6 Å². The van der Waals surface area contributed by atoms with Gasteiger partial charge < -0.3 is 15.8 Å². The summed E-state index contributed by atoms with van der Waals surface area (Å²) in [6.45, 7) is 6.69. The molecule has 0 saturated carbocycles. The van der Waals surface area contributed by atoms with Gasteiger partial charge in [0.05, 0.1) is 13.2 Å². The first kappa shape index (κ1) is 15.0. The quantitative estimate of drug-likeness (QED) is 0.844. The monoisotopic (exact) mass is 277 g/mol. The van der Waals surface area contributed by atoms with Gasteiger partial charge in [-0.05, 0) is 17.7 Å². The van der Waals surface area contributed by atoms with Crippen LogP contribution in [0.15, 0.2) is 24.3 Å². The fourth-order valence-corrected chi connectivity index (χ4v) is 2.08. The van der Waals surface area contributed by atoms with Crippen molar-refractivity contribution in [3.63, 3.8) is 0 Å². The largest absolute Gasteiger partial charge is 0.379 e. The van der Waals surface area contributed by atoms with Crippen LogP contribution in [0.5, 0.6) is 0 Å². The van der Waals surface area contributed by atoms with E-state index in [-0.39, 0.29) is 11.8 Å². The second-order valence-electron chi connectivity index (χ2n) is 5.21. The number of nitrogens with zero attached hydrogens (tertiary/aromatic N) is 1. The zero-order valence-electron chi connectivity index (χ0n) is 12.0. The summed E-state index contributed by atoms with van der Waals surface area (Å²) in [4.78, 5) is 14.1. The highest BCUT2D eigenvalue weighted by atomic mass is 16.5. The Morgan fingerprint density at radius 1 is 1.35 bits per heavy atom. The first-order valence-electron chi connectivity index (χ1n) is 7.09. The van der Waals surface area contributed by atoms with E-state index in [0.29, 0.717) is 6.54 Å². The average molecular weight is 277 g/mol. The molecule has 1 saturated heterocycles. The number of nitrogens with one attached hydrogen (secondary N) is 1. The number of benzene rings is 1. The van der Waals surface area contributed by atoms with E-state index < -0.39 is 0 Å². The number of amides is 1. The van der Waals surface area contributed by atoms with E-state index in [9.17, 15) is 4.79 Å². The third kappa shape index (κ3) is 4.30. The van der Waals surface area contributed by atoms with Crippen molar-refractivity contribution in [2.45, 2.75) is 13.5 Å². The molecule has 0 bridgehead atoms. The molecule has 0 radical (unpaired) electrons. The molecule has 1 unspecified atom stereocenters. The predicted molar refractivity (Wildman–Crippen MR) is 79.4 cm³/mol. The SMILES string of the molecule is CC(CN)C(=O)Nc1ccc(CN2CCOCC2)cc1. The zero-order chi connectivity index (χ0) is 14.4. The fourth-order valence-electron chi connectivity index (χ4n) is 2.08. The molecule has 1 aliphatic heterocycles. The molecule has 0 aromatic heterocycles. The van der Waals surface area contributed by atoms with Crippen LogP contribution in [0.25, 0.3) is 0 Å². The molecule has 1 amide bonds. The highest BCUT2D eigenvalue weighted by Crippen LogP contribution is 2.13. The molecule has 5 nitrogen and oxygen atoms in total. The van der Waals surface area contributed by atoms with Crippen molar-refractivity contribution in [3.05, 3.63) is 29.8 Å². The Bertz CT molecular complexity index is 427. The van der Waals surface area contributed by atoms with Gasteiger partial charge in [-0.2, -0.15) is 0 Å². The normalized spacial score (nSPS) is 17.7. The minimum atomic E-state index is -0.164. The molecule has 1 aliphatic rings. The maximum atomic E-state index is 11.7. The van der Waals surface area contributed by atoms with Crippen molar-refractivity contribution < 1.29 is 9.53 Å². The summed E-state index contributed by atoms with van der Waals surface area (Å²) in [6, 6.07) is 7.99. The van der Waals surface area contributed by atoms with Crippen LogP contribution in [0.4, 0.5) is 5.69 Å². The number of nitrogens with two attached hydrogens (primary N) is 1. The lowest BCUT2D eigenvalue weighted by atomic mass is 10.1. The Labute approximate surface area is 120 Å². The molecule has 1 aromatic carbocycles. The van der Waals surface area contributed by atoms with Crippen LogP contribution in [-0.4, -0.2) is 43.7 Å². The fraction of sp³-hybridized carbons (Fsp3) is 0.533. The predicted octanol–water partition coefficient (Wildman–Crippen LogP) is 1.05. The molecule has 1 aromatic rings. The molecule has 1 fully saturated rings. The Hall–Kier alpha value is -1.43. The molecule has 1 heterocycles. The van der Waals surface area contributed by atoms with Gasteiger partial charge >= 0.3 is 0 Å². The highest BCUT2D eigenvalue weighted by Gasteiger charge is 2.12. The molecule has 5 heteroatoms. The summed E-state index contributed by atoms with van der Waals surface area (Å²) in [7, 11) is 0. The van der Waals surface area contributed by atoms with Gasteiger partial charge in [-0.3, -0.25) is 9.69 Å². The maximum Gasteiger partial charge on any atom is 0.228 e. The van der Waals surface area contributed by atoms with Gasteiger partial charge in [0, 0.05) is 37.8 Å². The van der Waals surface area contributed by atoms with E-state index in [2.05, 4.69) is 22.3 Å². The number of anilines is 1. The minimum absolute atomic E-state index is 0.0339. The molecule has 2 rings (SSSR count). The standard InChI is InChI=1S/C15H23N3O2/c1-12(10-16)15(19)17-14-4-2-13(3-5-14)11-18-6-8-20-9-7-18/h2-5,12H,6-11,16H2,1H3,(H,17,19). The van der Waals surface area contributed by atoms with Gasteiger partial charge in [0.2, 0.25) is 5.91 Å². The van der Waals surface area contributed by atoms with Crippen LogP contribution in [0.2, 0.25) is 0 Å². The van der Waals surface area contributed by atoms with Gasteiger partial charge in [-0.1, -0.05) is 19.1 Å². The lowest BCUT2D eigenvalue weighted by Crippen LogP contribution is -2.35. The third-order valence-electron chi connectivity index (χ3n) is 3.53. The Balaban J connectivity index is 1.87. The number of carbonyl (C=O) groups is 1. The molecule has 1 atom stereocenters. The zero-order valence-corrected chi connectivity index (χ0v) is 12.0. The molecule has 3 N–H and O–H groups in total. The lowest BCUT2D eigenvalue weighted by molar-refractivity contribution is -0.119. The van der Waals surface area contributed by atoms with Crippen LogP contribution in [-0.2, 0) is 16.1 Å². The number of morpholine rings is 1. The Kier molecular flexibility index (Phi) is 5.52. The Morgan fingerprint density at radius 2 is 2.00 bits per heavy atom. The summed E-state index contributed by atoms with van der Waals surface area (Å²) in [5.41, 5.74) is 7.55.